The number of benzene rings is 3. The Labute approximate surface area is 288 Å². The Hall–Kier alpha value is -5.31. The van der Waals surface area contributed by atoms with Crippen molar-refractivity contribution in [2.75, 3.05) is 20.2 Å². The smallest absolute Gasteiger partial charge is 0.323 e. The summed E-state index contributed by atoms with van der Waals surface area (Å²) in [6, 6.07) is 23.6. The Morgan fingerprint density at radius 2 is 1.55 bits per heavy atom. The summed E-state index contributed by atoms with van der Waals surface area (Å²) in [5, 5.41) is 12.0. The van der Waals surface area contributed by atoms with Gasteiger partial charge in [-0.15, -0.1) is 0 Å². The van der Waals surface area contributed by atoms with Crippen molar-refractivity contribution < 1.29 is 24.2 Å². The summed E-state index contributed by atoms with van der Waals surface area (Å²) in [4.78, 5) is 47.3. The van der Waals surface area contributed by atoms with E-state index in [4.69, 9.17) is 4.74 Å². The van der Waals surface area contributed by atoms with Gasteiger partial charge in [0.1, 0.15) is 12.3 Å². The molecule has 1 atom stereocenters. The molecule has 1 aromatic heterocycles. The van der Waals surface area contributed by atoms with Crippen LogP contribution in [0.4, 0.5) is 0 Å². The van der Waals surface area contributed by atoms with Crippen LogP contribution >= 0.6 is 0 Å². The molecule has 0 saturated heterocycles. The van der Waals surface area contributed by atoms with E-state index in [9.17, 15) is 19.5 Å². The SMILES string of the molecule is COc1ccc(CC(=O)NCC(=O)N(CC(=O)O)Cc2ccc(-c3ncc(C4=CCC(c5ccc(CC(C)C)cc5)CC4)cn3)cc2)cc1. The number of carbonyl (C=O) groups excluding carboxylic acids is 2. The molecule has 0 radical (unpaired) electrons. The number of hydrogen-bond donors (Lipinski definition) is 2. The molecule has 1 aliphatic rings. The zero-order valence-electron chi connectivity index (χ0n) is 28.4. The molecule has 9 heteroatoms. The van der Waals surface area contributed by atoms with E-state index in [0.29, 0.717) is 23.4 Å². The van der Waals surface area contributed by atoms with Crippen LogP contribution in [-0.2, 0) is 33.8 Å². The molecule has 254 valence electrons. The van der Waals surface area contributed by atoms with E-state index in [1.807, 2.05) is 36.7 Å². The van der Waals surface area contributed by atoms with Gasteiger partial charge in [-0.25, -0.2) is 9.97 Å². The number of nitrogens with one attached hydrogen (secondary N) is 1. The number of carboxylic acids is 1. The number of carbonyl (C=O) groups is 3. The average Bonchev–Trinajstić information content (AvgIpc) is 3.11. The van der Waals surface area contributed by atoms with Crippen LogP contribution in [0.15, 0.2) is 91.3 Å². The Morgan fingerprint density at radius 3 is 2.14 bits per heavy atom. The van der Waals surface area contributed by atoms with Crippen LogP contribution in [0.1, 0.15) is 66.8 Å². The number of nitrogens with zero attached hydrogens (tertiary/aromatic N) is 3. The third-order valence-corrected chi connectivity index (χ3v) is 8.75. The monoisotopic (exact) mass is 660 g/mol. The van der Waals surface area contributed by atoms with Gasteiger partial charge in [0.05, 0.1) is 20.1 Å². The van der Waals surface area contributed by atoms with Crippen LogP contribution < -0.4 is 10.1 Å². The van der Waals surface area contributed by atoms with E-state index < -0.39 is 18.4 Å². The van der Waals surface area contributed by atoms with Crippen molar-refractivity contribution in [2.24, 2.45) is 5.92 Å². The highest BCUT2D eigenvalue weighted by Crippen LogP contribution is 2.36. The molecule has 0 fully saturated rings. The minimum absolute atomic E-state index is 0.0802. The van der Waals surface area contributed by atoms with Crippen LogP contribution in [0.2, 0.25) is 0 Å². The average molecular weight is 661 g/mol. The summed E-state index contributed by atoms with van der Waals surface area (Å²) in [6.45, 7) is 3.79. The lowest BCUT2D eigenvalue weighted by Crippen LogP contribution is -2.42. The fraction of sp³-hybridized carbons (Fsp3) is 0.325. The molecule has 2 N–H and O–H groups in total. The molecule has 5 rings (SSSR count). The molecular weight excluding hydrogens is 616 g/mol. The topological polar surface area (TPSA) is 122 Å². The van der Waals surface area contributed by atoms with Gasteiger partial charge in [-0.05, 0) is 77.5 Å². The maximum Gasteiger partial charge on any atom is 0.323 e. The van der Waals surface area contributed by atoms with E-state index in [2.05, 4.69) is 59.5 Å². The Bertz CT molecular complexity index is 1750. The molecule has 3 aromatic carbocycles. The highest BCUT2D eigenvalue weighted by Gasteiger charge is 2.20. The first-order valence-corrected chi connectivity index (χ1v) is 16.8. The molecule has 0 aliphatic heterocycles. The predicted octanol–water partition coefficient (Wildman–Crippen LogP) is 6.47. The molecule has 4 aromatic rings. The molecule has 49 heavy (non-hydrogen) atoms. The van der Waals surface area contributed by atoms with Gasteiger partial charge in [0.25, 0.3) is 0 Å². The number of methoxy groups -OCH3 is 1. The lowest BCUT2D eigenvalue weighted by molar-refractivity contribution is -0.144. The van der Waals surface area contributed by atoms with Crippen molar-refractivity contribution in [3.63, 3.8) is 0 Å². The second-order valence-corrected chi connectivity index (χ2v) is 13.0. The summed E-state index contributed by atoms with van der Waals surface area (Å²) < 4.78 is 5.13. The fourth-order valence-corrected chi connectivity index (χ4v) is 6.09. The first-order chi connectivity index (χ1) is 23.7. The van der Waals surface area contributed by atoms with Crippen molar-refractivity contribution in [1.82, 2.24) is 20.2 Å². The van der Waals surface area contributed by atoms with Gasteiger partial charge in [-0.2, -0.15) is 0 Å². The lowest BCUT2D eigenvalue weighted by Gasteiger charge is -2.23. The number of hydrogen-bond acceptors (Lipinski definition) is 6. The number of amides is 2. The van der Waals surface area contributed by atoms with Crippen LogP contribution in [0.25, 0.3) is 17.0 Å². The largest absolute Gasteiger partial charge is 0.497 e. The van der Waals surface area contributed by atoms with E-state index in [0.717, 1.165) is 47.9 Å². The number of allylic oxidation sites excluding steroid dienone is 2. The van der Waals surface area contributed by atoms with Gasteiger partial charge in [0.15, 0.2) is 5.82 Å². The third-order valence-electron chi connectivity index (χ3n) is 8.75. The second kappa shape index (κ2) is 16.7. The molecule has 1 heterocycles. The number of rotatable bonds is 14. The number of aliphatic carboxylic acids is 1. The zero-order valence-corrected chi connectivity index (χ0v) is 28.4. The first-order valence-electron chi connectivity index (χ1n) is 16.8. The maximum absolute atomic E-state index is 12.9. The highest BCUT2D eigenvalue weighted by molar-refractivity contribution is 5.87. The van der Waals surface area contributed by atoms with Crippen LogP contribution in [0, 0.1) is 5.92 Å². The minimum Gasteiger partial charge on any atom is -0.497 e. The van der Waals surface area contributed by atoms with Gasteiger partial charge >= 0.3 is 5.97 Å². The number of carboxylic acid groups (broad SMARTS) is 1. The summed E-state index contributed by atoms with van der Waals surface area (Å²) in [5.74, 6) is 0.491. The molecular formula is C40H44N4O5. The molecule has 0 bridgehead atoms. The number of aromatic nitrogens is 2. The predicted molar refractivity (Wildman–Crippen MR) is 190 cm³/mol. The highest BCUT2D eigenvalue weighted by atomic mass is 16.5. The summed E-state index contributed by atoms with van der Waals surface area (Å²) in [6.07, 6.45) is 10.3. The van der Waals surface area contributed by atoms with Crippen LogP contribution in [0.5, 0.6) is 5.75 Å². The summed E-state index contributed by atoms with van der Waals surface area (Å²) in [5.41, 5.74) is 7.44. The van der Waals surface area contributed by atoms with E-state index >= 15 is 0 Å². The van der Waals surface area contributed by atoms with Crippen LogP contribution in [-0.4, -0.2) is 58.0 Å². The molecule has 2 amide bonds. The molecule has 0 saturated carbocycles. The van der Waals surface area contributed by atoms with Crippen molar-refractivity contribution in [2.45, 2.75) is 58.4 Å². The standard InChI is InChI=1S/C40H44N4O5/c1-27(2)20-28-4-10-31(11-5-28)32-14-16-33(17-15-32)35-22-42-40(43-23-35)34-12-6-30(7-13-34)25-44(26-39(47)48)38(46)24-41-37(45)21-29-8-18-36(49-3)19-9-29/h4-13,16,18-19,22-23,27,32H,14-15,17,20-21,24-26H2,1-3H3,(H,41,45)(H,47,48). The maximum atomic E-state index is 12.9. The van der Waals surface area contributed by atoms with Crippen molar-refractivity contribution in [3.8, 4) is 17.1 Å². The van der Waals surface area contributed by atoms with Crippen molar-refractivity contribution in [1.29, 1.82) is 0 Å². The third kappa shape index (κ3) is 10.1. The second-order valence-electron chi connectivity index (χ2n) is 13.0. The minimum atomic E-state index is -1.14. The van der Waals surface area contributed by atoms with Crippen LogP contribution in [0.3, 0.4) is 0 Å². The van der Waals surface area contributed by atoms with Gasteiger partial charge in [-0.1, -0.05) is 80.6 Å². The summed E-state index contributed by atoms with van der Waals surface area (Å²) in [7, 11) is 1.57. The number of ether oxygens (including phenoxy) is 1. The normalized spacial score (nSPS) is 14.2. The summed E-state index contributed by atoms with van der Waals surface area (Å²) >= 11 is 0. The van der Waals surface area contributed by atoms with Gasteiger partial charge in [0, 0.05) is 30.1 Å². The van der Waals surface area contributed by atoms with Gasteiger partial charge < -0.3 is 20.1 Å². The van der Waals surface area contributed by atoms with E-state index in [1.165, 1.54) is 21.6 Å². The van der Waals surface area contributed by atoms with Gasteiger partial charge in [-0.3, -0.25) is 14.4 Å². The molecule has 1 unspecified atom stereocenters. The van der Waals surface area contributed by atoms with E-state index in [-0.39, 0.29) is 25.4 Å². The first kappa shape index (κ1) is 35.0. The van der Waals surface area contributed by atoms with Crippen molar-refractivity contribution >= 4 is 23.4 Å². The van der Waals surface area contributed by atoms with E-state index in [1.54, 1.807) is 31.4 Å². The molecule has 0 spiro atoms. The quantitative estimate of drug-likeness (QED) is 0.159. The Morgan fingerprint density at radius 1 is 0.898 bits per heavy atom. The molecule has 9 nitrogen and oxygen atoms in total. The Kier molecular flexibility index (Phi) is 11.9. The fourth-order valence-electron chi connectivity index (χ4n) is 6.09. The van der Waals surface area contributed by atoms with Crippen molar-refractivity contribution in [3.05, 3.63) is 119 Å². The Balaban J connectivity index is 1.14. The zero-order chi connectivity index (χ0) is 34.8. The van der Waals surface area contributed by atoms with Gasteiger partial charge in [0.2, 0.25) is 11.8 Å². The lowest BCUT2D eigenvalue weighted by atomic mass is 9.83. The molecule has 1 aliphatic carbocycles.